The van der Waals surface area contributed by atoms with Crippen LogP contribution in [-0.2, 0) is 4.79 Å². The van der Waals surface area contributed by atoms with Crippen molar-refractivity contribution in [2.24, 2.45) is 0 Å². The van der Waals surface area contributed by atoms with Crippen LogP contribution in [0.15, 0.2) is 21.3 Å². The van der Waals surface area contributed by atoms with Crippen LogP contribution in [0.2, 0.25) is 0 Å². The first-order valence-electron chi connectivity index (χ1n) is 7.48. The van der Waals surface area contributed by atoms with E-state index >= 15 is 0 Å². The monoisotopic (exact) mass is 343 g/mol. The number of fused-ring (bicyclic) bond motifs is 1. The van der Waals surface area contributed by atoms with E-state index in [0.717, 1.165) is 15.6 Å². The molecule has 3 rings (SSSR count). The average molecular weight is 343 g/mol. The second-order valence-electron chi connectivity index (χ2n) is 5.72. The van der Waals surface area contributed by atoms with Crippen LogP contribution in [0.4, 0.5) is 0 Å². The molecule has 0 saturated heterocycles. The van der Waals surface area contributed by atoms with E-state index in [1.54, 1.807) is 26.0 Å². The quantitative estimate of drug-likeness (QED) is 0.518. The summed E-state index contributed by atoms with van der Waals surface area (Å²) in [6.07, 6.45) is 0. The standard InChI is InChI=1S/C18H17NO4S/c1-8-6-13-15(7-14(8)23-12(5)20)22-10(3)16(17(13)21)18-9(2)19-11(4)24-18/h6-7H,1-5H3. The van der Waals surface area contributed by atoms with Crippen molar-refractivity contribution in [1.82, 2.24) is 4.98 Å². The Labute approximate surface area is 142 Å². The van der Waals surface area contributed by atoms with Crippen molar-refractivity contribution in [2.45, 2.75) is 34.6 Å². The molecule has 124 valence electrons. The third kappa shape index (κ3) is 2.73. The van der Waals surface area contributed by atoms with E-state index in [1.165, 1.54) is 18.3 Å². The zero-order valence-corrected chi connectivity index (χ0v) is 15.0. The molecule has 0 fully saturated rings. The molecule has 24 heavy (non-hydrogen) atoms. The molecule has 0 spiro atoms. The van der Waals surface area contributed by atoms with Crippen LogP contribution in [0.1, 0.15) is 28.9 Å². The molecule has 1 aromatic carbocycles. The van der Waals surface area contributed by atoms with E-state index < -0.39 is 5.97 Å². The molecule has 0 amide bonds. The van der Waals surface area contributed by atoms with E-state index in [4.69, 9.17) is 9.15 Å². The molecule has 0 unspecified atom stereocenters. The summed E-state index contributed by atoms with van der Waals surface area (Å²) >= 11 is 1.48. The van der Waals surface area contributed by atoms with Gasteiger partial charge in [0.25, 0.3) is 0 Å². The Balaban J connectivity index is 2.30. The second kappa shape index (κ2) is 5.87. The summed E-state index contributed by atoms with van der Waals surface area (Å²) in [5.41, 5.74) is 2.38. The van der Waals surface area contributed by atoms with Gasteiger partial charge in [-0.3, -0.25) is 9.59 Å². The summed E-state index contributed by atoms with van der Waals surface area (Å²) < 4.78 is 11.0. The molecule has 0 radical (unpaired) electrons. The molecule has 0 aliphatic rings. The van der Waals surface area contributed by atoms with Gasteiger partial charge in [-0.15, -0.1) is 11.3 Å². The molecule has 0 aliphatic heterocycles. The highest BCUT2D eigenvalue weighted by Gasteiger charge is 2.19. The lowest BCUT2D eigenvalue weighted by Gasteiger charge is -2.09. The fourth-order valence-corrected chi connectivity index (χ4v) is 3.74. The first-order valence-corrected chi connectivity index (χ1v) is 8.30. The van der Waals surface area contributed by atoms with Crippen LogP contribution in [0.5, 0.6) is 5.75 Å². The number of thiazole rings is 1. The highest BCUT2D eigenvalue weighted by Crippen LogP contribution is 2.33. The highest BCUT2D eigenvalue weighted by molar-refractivity contribution is 7.15. The molecule has 6 heteroatoms. The van der Waals surface area contributed by atoms with Gasteiger partial charge in [0.2, 0.25) is 5.43 Å². The van der Waals surface area contributed by atoms with Gasteiger partial charge in [-0.05, 0) is 39.3 Å². The van der Waals surface area contributed by atoms with Crippen molar-refractivity contribution in [3.05, 3.63) is 44.4 Å². The maximum absolute atomic E-state index is 13.0. The fraction of sp³-hybridized carbons (Fsp3) is 0.278. The lowest BCUT2D eigenvalue weighted by Crippen LogP contribution is -2.09. The van der Waals surface area contributed by atoms with Crippen molar-refractivity contribution < 1.29 is 13.9 Å². The molecule has 0 bridgehead atoms. The van der Waals surface area contributed by atoms with Crippen molar-refractivity contribution >= 4 is 28.3 Å². The minimum absolute atomic E-state index is 0.0991. The van der Waals surface area contributed by atoms with Crippen LogP contribution in [-0.4, -0.2) is 11.0 Å². The minimum Gasteiger partial charge on any atom is -0.460 e. The maximum atomic E-state index is 13.0. The van der Waals surface area contributed by atoms with Crippen LogP contribution < -0.4 is 10.2 Å². The van der Waals surface area contributed by atoms with Gasteiger partial charge in [-0.25, -0.2) is 4.98 Å². The van der Waals surface area contributed by atoms with Crippen LogP contribution in [0, 0.1) is 27.7 Å². The maximum Gasteiger partial charge on any atom is 0.308 e. The van der Waals surface area contributed by atoms with Crippen LogP contribution in [0.3, 0.4) is 0 Å². The zero-order chi connectivity index (χ0) is 17.6. The van der Waals surface area contributed by atoms with E-state index in [-0.39, 0.29) is 5.43 Å². The normalized spacial score (nSPS) is 11.0. The van der Waals surface area contributed by atoms with Gasteiger partial charge >= 0.3 is 5.97 Å². The Hall–Kier alpha value is -2.47. The lowest BCUT2D eigenvalue weighted by atomic mass is 10.1. The molecule has 3 aromatic rings. The Bertz CT molecular complexity index is 1030. The van der Waals surface area contributed by atoms with Gasteiger partial charge in [0, 0.05) is 13.0 Å². The molecule has 0 saturated carbocycles. The third-order valence-electron chi connectivity index (χ3n) is 3.75. The molecule has 0 N–H and O–H groups in total. The molecule has 0 atom stereocenters. The van der Waals surface area contributed by atoms with Gasteiger partial charge in [-0.1, -0.05) is 0 Å². The number of aromatic nitrogens is 1. The molecule has 2 heterocycles. The number of aryl methyl sites for hydroxylation is 4. The van der Waals surface area contributed by atoms with Crippen molar-refractivity contribution in [3.63, 3.8) is 0 Å². The average Bonchev–Trinajstić information content (AvgIpc) is 2.79. The molecule has 0 aliphatic carbocycles. The molecule has 2 aromatic heterocycles. The SMILES string of the molecule is CC(=O)Oc1cc2oc(C)c(-c3sc(C)nc3C)c(=O)c2cc1C. The Morgan fingerprint density at radius 1 is 1.21 bits per heavy atom. The predicted molar refractivity (Wildman–Crippen MR) is 93.8 cm³/mol. The number of esters is 1. The van der Waals surface area contributed by atoms with E-state index in [9.17, 15) is 9.59 Å². The van der Waals surface area contributed by atoms with Crippen molar-refractivity contribution in [2.75, 3.05) is 0 Å². The Kier molecular flexibility index (Phi) is 4.01. The summed E-state index contributed by atoms with van der Waals surface area (Å²) in [7, 11) is 0. The number of hydrogen-bond acceptors (Lipinski definition) is 6. The van der Waals surface area contributed by atoms with Crippen molar-refractivity contribution in [3.8, 4) is 16.2 Å². The number of rotatable bonds is 2. The number of hydrogen-bond donors (Lipinski definition) is 0. The molecular formula is C18H17NO4S. The summed E-state index contributed by atoms with van der Waals surface area (Å²) in [4.78, 5) is 29.4. The number of carbonyl (C=O) groups is 1. The van der Waals surface area contributed by atoms with Gasteiger partial charge in [0.15, 0.2) is 0 Å². The molecule has 5 nitrogen and oxygen atoms in total. The topological polar surface area (TPSA) is 69.4 Å². The number of ether oxygens (including phenoxy) is 1. The summed E-state index contributed by atoms with van der Waals surface area (Å²) in [5.74, 6) is 0.510. The lowest BCUT2D eigenvalue weighted by molar-refractivity contribution is -0.131. The van der Waals surface area contributed by atoms with Gasteiger partial charge in [0.1, 0.15) is 17.1 Å². The fourth-order valence-electron chi connectivity index (χ4n) is 2.73. The highest BCUT2D eigenvalue weighted by atomic mass is 32.1. The second-order valence-corrected chi connectivity index (χ2v) is 6.92. The Morgan fingerprint density at radius 2 is 1.92 bits per heavy atom. The van der Waals surface area contributed by atoms with E-state index in [0.29, 0.717) is 33.6 Å². The first-order chi connectivity index (χ1) is 11.3. The zero-order valence-electron chi connectivity index (χ0n) is 14.1. The van der Waals surface area contributed by atoms with E-state index in [1.807, 2.05) is 13.8 Å². The van der Waals surface area contributed by atoms with Crippen molar-refractivity contribution in [1.29, 1.82) is 0 Å². The summed E-state index contributed by atoms with van der Waals surface area (Å²) in [6, 6.07) is 3.29. The largest absolute Gasteiger partial charge is 0.460 e. The minimum atomic E-state index is -0.413. The van der Waals surface area contributed by atoms with Crippen LogP contribution >= 0.6 is 11.3 Å². The summed E-state index contributed by atoms with van der Waals surface area (Å²) in [6.45, 7) is 8.68. The third-order valence-corrected chi connectivity index (χ3v) is 4.84. The van der Waals surface area contributed by atoms with Crippen LogP contribution in [0.25, 0.3) is 21.4 Å². The number of benzene rings is 1. The number of nitrogens with zero attached hydrogens (tertiary/aromatic N) is 1. The number of carbonyl (C=O) groups excluding carboxylic acids is 1. The van der Waals surface area contributed by atoms with Gasteiger partial charge < -0.3 is 9.15 Å². The molecular weight excluding hydrogens is 326 g/mol. The van der Waals surface area contributed by atoms with Gasteiger partial charge in [0.05, 0.1) is 26.5 Å². The first kappa shape index (κ1) is 16.4. The smallest absolute Gasteiger partial charge is 0.308 e. The van der Waals surface area contributed by atoms with Gasteiger partial charge in [-0.2, -0.15) is 0 Å². The van der Waals surface area contributed by atoms with E-state index in [2.05, 4.69) is 4.98 Å². The Morgan fingerprint density at radius 3 is 2.50 bits per heavy atom. The summed E-state index contributed by atoms with van der Waals surface area (Å²) in [5, 5.41) is 1.37. The predicted octanol–water partition coefficient (Wildman–Crippen LogP) is 4.08.